The zero-order valence-electron chi connectivity index (χ0n) is 6.02. The maximum Gasteiger partial charge on any atom is 0.280 e. The molecule has 0 aromatic carbocycles. The van der Waals surface area contributed by atoms with E-state index in [0.717, 1.165) is 0 Å². The van der Waals surface area contributed by atoms with Crippen LogP contribution in [0.1, 0.15) is 11.7 Å². The van der Waals surface area contributed by atoms with Crippen LogP contribution in [-0.4, -0.2) is 29.1 Å². The summed E-state index contributed by atoms with van der Waals surface area (Å²) in [5.41, 5.74) is 5.75. The van der Waals surface area contributed by atoms with E-state index in [1.807, 2.05) is 0 Å². The Hall–Kier alpha value is -1.14. The first-order chi connectivity index (χ1) is 5.29. The van der Waals surface area contributed by atoms with E-state index in [0.29, 0.717) is 5.69 Å². The second-order valence-corrected chi connectivity index (χ2v) is 1.95. The minimum absolute atomic E-state index is 0.214. The number of nitrogens with two attached hydrogens (primary N) is 1. The second kappa shape index (κ2) is 3.31. The Bertz CT molecular complexity index is 225. The van der Waals surface area contributed by atoms with Gasteiger partial charge in [-0.15, -0.1) is 0 Å². The third-order valence-corrected chi connectivity index (χ3v) is 1.22. The molecular weight excluding hydrogens is 150 g/mol. The molecule has 0 spiro atoms. The molecule has 0 amide bonds. The van der Waals surface area contributed by atoms with Crippen LogP contribution in [0.15, 0.2) is 4.63 Å². The topological polar surface area (TPSA) is 94.4 Å². The average Bonchev–Trinajstić information content (AvgIpc) is 2.50. The van der Waals surface area contributed by atoms with Crippen molar-refractivity contribution in [3.63, 3.8) is 0 Å². The van der Waals surface area contributed by atoms with E-state index in [1.54, 1.807) is 0 Å². The molecule has 6 heteroatoms. The third-order valence-electron chi connectivity index (χ3n) is 1.22. The molecule has 0 bridgehead atoms. The predicted molar refractivity (Wildman–Crippen MR) is 34.9 cm³/mol. The number of rotatable bonds is 3. The van der Waals surface area contributed by atoms with Gasteiger partial charge in [-0.25, -0.2) is 4.63 Å². The van der Waals surface area contributed by atoms with Crippen LogP contribution in [0.25, 0.3) is 0 Å². The molecule has 1 rings (SSSR count). The quantitative estimate of drug-likeness (QED) is 0.591. The molecule has 1 heterocycles. The molecule has 6 nitrogen and oxygen atoms in total. The molecule has 0 fully saturated rings. The first-order valence-corrected chi connectivity index (χ1v) is 3.02. The van der Waals surface area contributed by atoms with Crippen LogP contribution in [-0.2, 0) is 0 Å². The van der Waals surface area contributed by atoms with Gasteiger partial charge in [0.15, 0.2) is 5.69 Å². The Balaban J connectivity index is 2.83. The Morgan fingerprint density at radius 3 is 3.00 bits per heavy atom. The molecule has 1 aromatic rings. The smallest absolute Gasteiger partial charge is 0.280 e. The van der Waals surface area contributed by atoms with Crippen molar-refractivity contribution in [3.8, 4) is 5.88 Å². The van der Waals surface area contributed by atoms with Crippen molar-refractivity contribution in [2.24, 2.45) is 5.73 Å². The average molecular weight is 159 g/mol. The molecule has 11 heavy (non-hydrogen) atoms. The lowest BCUT2D eigenvalue weighted by molar-refractivity contribution is 0.255. The lowest BCUT2D eigenvalue weighted by atomic mass is 10.2. The number of methoxy groups -OCH3 is 1. The lowest BCUT2D eigenvalue weighted by Gasteiger charge is -2.02. The Morgan fingerprint density at radius 1 is 1.73 bits per heavy atom. The first-order valence-electron chi connectivity index (χ1n) is 3.02. The molecular formula is C5H9N3O3. The fourth-order valence-corrected chi connectivity index (χ4v) is 0.642. The van der Waals surface area contributed by atoms with E-state index in [4.69, 9.17) is 15.6 Å². The zero-order chi connectivity index (χ0) is 8.27. The van der Waals surface area contributed by atoms with Crippen molar-refractivity contribution >= 4 is 0 Å². The molecule has 1 aromatic heterocycles. The maximum atomic E-state index is 8.64. The monoisotopic (exact) mass is 159 g/mol. The van der Waals surface area contributed by atoms with Crippen LogP contribution in [0.4, 0.5) is 0 Å². The first kappa shape index (κ1) is 7.96. The Morgan fingerprint density at radius 2 is 2.45 bits per heavy atom. The van der Waals surface area contributed by atoms with Crippen molar-refractivity contribution in [2.45, 2.75) is 6.04 Å². The summed E-state index contributed by atoms with van der Waals surface area (Å²) in [6, 6.07) is -0.601. The molecule has 1 unspecified atom stereocenters. The highest BCUT2D eigenvalue weighted by atomic mass is 16.6. The van der Waals surface area contributed by atoms with Crippen LogP contribution in [0.2, 0.25) is 0 Å². The number of aromatic nitrogens is 2. The molecule has 0 radical (unpaired) electrons. The van der Waals surface area contributed by atoms with E-state index < -0.39 is 6.04 Å². The van der Waals surface area contributed by atoms with Crippen LogP contribution in [0.5, 0.6) is 5.88 Å². The highest BCUT2D eigenvalue weighted by Crippen LogP contribution is 2.17. The van der Waals surface area contributed by atoms with Gasteiger partial charge in [0.1, 0.15) is 0 Å². The largest absolute Gasteiger partial charge is 0.477 e. The summed E-state index contributed by atoms with van der Waals surface area (Å²) >= 11 is 0. The summed E-state index contributed by atoms with van der Waals surface area (Å²) < 4.78 is 9.09. The van der Waals surface area contributed by atoms with Gasteiger partial charge in [0, 0.05) is 0 Å². The number of nitrogens with zero attached hydrogens (tertiary/aromatic N) is 2. The third kappa shape index (κ3) is 1.47. The molecule has 1 atom stereocenters. The minimum atomic E-state index is -0.601. The summed E-state index contributed by atoms with van der Waals surface area (Å²) in [6.45, 7) is -0.218. The maximum absolute atomic E-state index is 8.64. The normalized spacial score (nSPS) is 13.0. The van der Waals surface area contributed by atoms with Crippen LogP contribution in [0, 0.1) is 0 Å². The van der Waals surface area contributed by atoms with Gasteiger partial charge in [0.25, 0.3) is 5.88 Å². The number of aliphatic hydroxyl groups is 1. The molecule has 3 N–H and O–H groups in total. The van der Waals surface area contributed by atoms with Gasteiger partial charge in [-0.2, -0.15) is 0 Å². The van der Waals surface area contributed by atoms with Gasteiger partial charge in [-0.3, -0.25) is 0 Å². The lowest BCUT2D eigenvalue weighted by Crippen LogP contribution is -2.15. The summed E-state index contributed by atoms with van der Waals surface area (Å²) in [7, 11) is 1.42. The van der Waals surface area contributed by atoms with E-state index in [2.05, 4.69) is 14.9 Å². The van der Waals surface area contributed by atoms with E-state index >= 15 is 0 Å². The predicted octanol–water partition coefficient (Wildman–Crippen LogP) is -0.930. The number of aliphatic hydroxyl groups excluding tert-OH is 1. The van der Waals surface area contributed by atoms with Gasteiger partial charge in [-0.05, 0) is 10.3 Å². The number of hydrogen-bond acceptors (Lipinski definition) is 6. The second-order valence-electron chi connectivity index (χ2n) is 1.95. The van der Waals surface area contributed by atoms with Crippen molar-refractivity contribution < 1.29 is 14.5 Å². The fraction of sp³-hybridized carbons (Fsp3) is 0.600. The number of hydrogen-bond donors (Lipinski definition) is 2. The molecule has 62 valence electrons. The van der Waals surface area contributed by atoms with Gasteiger partial charge >= 0.3 is 0 Å². The Kier molecular flexibility index (Phi) is 2.40. The molecule has 0 aliphatic rings. The van der Waals surface area contributed by atoms with E-state index in [9.17, 15) is 0 Å². The summed E-state index contributed by atoms with van der Waals surface area (Å²) in [6.07, 6.45) is 0. The fourth-order valence-electron chi connectivity index (χ4n) is 0.642. The Labute approximate surface area is 62.9 Å². The molecule has 0 aliphatic carbocycles. The van der Waals surface area contributed by atoms with Crippen molar-refractivity contribution in [1.29, 1.82) is 0 Å². The van der Waals surface area contributed by atoms with Gasteiger partial charge in [0.05, 0.1) is 19.8 Å². The van der Waals surface area contributed by atoms with Crippen molar-refractivity contribution in [3.05, 3.63) is 5.69 Å². The zero-order valence-corrected chi connectivity index (χ0v) is 6.02. The van der Waals surface area contributed by atoms with Gasteiger partial charge in [0.2, 0.25) is 0 Å². The van der Waals surface area contributed by atoms with Gasteiger partial charge in [-0.1, -0.05) is 0 Å². The minimum Gasteiger partial charge on any atom is -0.477 e. The SMILES string of the molecule is COc1nonc1C(N)CO. The van der Waals surface area contributed by atoms with Crippen molar-refractivity contribution in [1.82, 2.24) is 10.3 Å². The molecule has 0 saturated heterocycles. The molecule has 0 aliphatic heterocycles. The summed E-state index contributed by atoms with van der Waals surface area (Å²) in [5, 5.41) is 15.5. The van der Waals surface area contributed by atoms with E-state index in [1.165, 1.54) is 7.11 Å². The van der Waals surface area contributed by atoms with Gasteiger partial charge < -0.3 is 15.6 Å². The number of ether oxygens (including phenoxy) is 1. The summed E-state index contributed by atoms with van der Waals surface area (Å²) in [5.74, 6) is 0.214. The van der Waals surface area contributed by atoms with Crippen LogP contribution >= 0.6 is 0 Å². The summed E-state index contributed by atoms with van der Waals surface area (Å²) in [4.78, 5) is 0. The van der Waals surface area contributed by atoms with E-state index in [-0.39, 0.29) is 12.5 Å². The van der Waals surface area contributed by atoms with Crippen molar-refractivity contribution in [2.75, 3.05) is 13.7 Å². The molecule has 0 saturated carbocycles. The van der Waals surface area contributed by atoms with Crippen LogP contribution < -0.4 is 10.5 Å². The van der Waals surface area contributed by atoms with Crippen LogP contribution in [0.3, 0.4) is 0 Å². The standard InChI is InChI=1S/C5H9N3O3/c1-10-5-4(3(6)2-9)7-11-8-5/h3,9H,2,6H2,1H3. The highest BCUT2D eigenvalue weighted by molar-refractivity contribution is 5.17. The highest BCUT2D eigenvalue weighted by Gasteiger charge is 2.16.